The molecule has 1 unspecified atom stereocenters. The molecule has 1 atom stereocenters. The smallest absolute Gasteiger partial charge is 0.321 e. The van der Waals surface area contributed by atoms with E-state index in [1.54, 1.807) is 13.0 Å². The minimum absolute atomic E-state index is 0.161. The Labute approximate surface area is 105 Å². The Morgan fingerprint density at radius 2 is 2.12 bits per heavy atom. The van der Waals surface area contributed by atoms with Crippen molar-refractivity contribution in [1.29, 1.82) is 0 Å². The van der Waals surface area contributed by atoms with Crippen molar-refractivity contribution >= 4 is 27.3 Å². The lowest BCUT2D eigenvalue weighted by atomic mass is 10.2. The Morgan fingerprint density at radius 3 is 2.53 bits per heavy atom. The summed E-state index contributed by atoms with van der Waals surface area (Å²) in [4.78, 5) is 11.7. The number of carboxylic acid groups (broad SMARTS) is 1. The van der Waals surface area contributed by atoms with E-state index in [9.17, 15) is 13.2 Å². The Hall–Kier alpha value is -0.920. The number of hydrogen-bond acceptors (Lipinski definition) is 4. The van der Waals surface area contributed by atoms with Crippen LogP contribution >= 0.6 is 11.3 Å². The molecule has 0 aromatic carbocycles. The number of sulfonamides is 1. The maximum atomic E-state index is 11.9. The second-order valence-electron chi connectivity index (χ2n) is 3.49. The Kier molecular flexibility index (Phi) is 4.67. The van der Waals surface area contributed by atoms with E-state index in [0.29, 0.717) is 0 Å². The van der Waals surface area contributed by atoms with Crippen LogP contribution in [-0.4, -0.2) is 25.5 Å². The van der Waals surface area contributed by atoms with Gasteiger partial charge >= 0.3 is 5.97 Å². The average molecular weight is 277 g/mol. The molecule has 0 fully saturated rings. The van der Waals surface area contributed by atoms with Gasteiger partial charge in [-0.2, -0.15) is 4.72 Å². The predicted octanol–water partition coefficient (Wildman–Crippen LogP) is 1.45. The van der Waals surface area contributed by atoms with Crippen molar-refractivity contribution in [3.8, 4) is 0 Å². The van der Waals surface area contributed by atoms with Crippen molar-refractivity contribution in [3.05, 3.63) is 17.0 Å². The second kappa shape index (κ2) is 5.61. The molecule has 0 saturated heterocycles. The second-order valence-corrected chi connectivity index (χ2v) is 6.60. The van der Waals surface area contributed by atoms with Gasteiger partial charge in [0.25, 0.3) is 10.0 Å². The van der Waals surface area contributed by atoms with Crippen LogP contribution in [0.15, 0.2) is 16.3 Å². The molecule has 1 aromatic rings. The molecule has 0 aliphatic heterocycles. The van der Waals surface area contributed by atoms with Gasteiger partial charge in [-0.15, -0.1) is 11.3 Å². The van der Waals surface area contributed by atoms with Crippen LogP contribution in [0.3, 0.4) is 0 Å². The van der Waals surface area contributed by atoms with Crippen LogP contribution in [0.2, 0.25) is 0 Å². The minimum Gasteiger partial charge on any atom is -0.480 e. The highest BCUT2D eigenvalue weighted by Crippen LogP contribution is 2.22. The maximum Gasteiger partial charge on any atom is 0.321 e. The third-order valence-corrected chi connectivity index (χ3v) is 5.45. The number of aryl methyl sites for hydroxylation is 1. The van der Waals surface area contributed by atoms with Gasteiger partial charge < -0.3 is 5.11 Å². The first-order chi connectivity index (χ1) is 7.90. The van der Waals surface area contributed by atoms with E-state index in [2.05, 4.69) is 4.72 Å². The van der Waals surface area contributed by atoms with Crippen molar-refractivity contribution in [2.45, 2.75) is 36.9 Å². The van der Waals surface area contributed by atoms with Gasteiger partial charge in [0, 0.05) is 4.88 Å². The van der Waals surface area contributed by atoms with Crippen LogP contribution in [0.1, 0.15) is 25.1 Å². The zero-order valence-electron chi connectivity index (χ0n) is 9.63. The Bertz CT molecular complexity index is 492. The van der Waals surface area contributed by atoms with Gasteiger partial charge in [0.1, 0.15) is 10.3 Å². The van der Waals surface area contributed by atoms with Gasteiger partial charge in [-0.25, -0.2) is 8.42 Å². The number of hydrogen-bond donors (Lipinski definition) is 2. The Balaban J connectivity index is 2.91. The van der Waals surface area contributed by atoms with E-state index < -0.39 is 22.0 Å². The van der Waals surface area contributed by atoms with E-state index in [4.69, 9.17) is 5.11 Å². The largest absolute Gasteiger partial charge is 0.480 e. The average Bonchev–Trinajstić information content (AvgIpc) is 2.74. The van der Waals surface area contributed by atoms with Crippen LogP contribution in [0, 0.1) is 0 Å². The molecular weight excluding hydrogens is 262 g/mol. The summed E-state index contributed by atoms with van der Waals surface area (Å²) in [6, 6.07) is 2.16. The van der Waals surface area contributed by atoms with Gasteiger partial charge in [0.15, 0.2) is 0 Å². The quantitative estimate of drug-likeness (QED) is 0.824. The van der Waals surface area contributed by atoms with Crippen LogP contribution in [-0.2, 0) is 21.2 Å². The zero-order valence-corrected chi connectivity index (χ0v) is 11.3. The summed E-state index contributed by atoms with van der Waals surface area (Å²) in [6.07, 6.45) is 0.969. The number of nitrogens with one attached hydrogen (secondary N) is 1. The summed E-state index contributed by atoms with van der Waals surface area (Å²) >= 11 is 1.16. The van der Waals surface area contributed by atoms with E-state index in [0.717, 1.165) is 22.6 Å². The summed E-state index contributed by atoms with van der Waals surface area (Å²) < 4.78 is 26.1. The first-order valence-electron chi connectivity index (χ1n) is 5.24. The summed E-state index contributed by atoms with van der Waals surface area (Å²) in [5.41, 5.74) is 0. The highest BCUT2D eigenvalue weighted by Gasteiger charge is 2.24. The molecule has 0 spiro atoms. The summed E-state index contributed by atoms with van der Waals surface area (Å²) in [5, 5.41) is 8.81. The fourth-order valence-electron chi connectivity index (χ4n) is 1.25. The van der Waals surface area contributed by atoms with Crippen molar-refractivity contribution in [1.82, 2.24) is 4.72 Å². The van der Waals surface area contributed by atoms with Crippen LogP contribution < -0.4 is 4.72 Å². The predicted molar refractivity (Wildman–Crippen MR) is 65.7 cm³/mol. The van der Waals surface area contributed by atoms with Gasteiger partial charge in [0.05, 0.1) is 0 Å². The molecule has 96 valence electrons. The molecule has 2 N–H and O–H groups in total. The molecule has 0 saturated carbocycles. The lowest BCUT2D eigenvalue weighted by molar-refractivity contribution is -0.139. The minimum atomic E-state index is -3.72. The first-order valence-corrected chi connectivity index (χ1v) is 7.54. The molecule has 1 rings (SSSR count). The third kappa shape index (κ3) is 3.52. The molecule has 0 bridgehead atoms. The monoisotopic (exact) mass is 277 g/mol. The lowest BCUT2D eigenvalue weighted by Gasteiger charge is -2.11. The number of carbonyl (C=O) groups is 1. The molecule has 7 heteroatoms. The van der Waals surface area contributed by atoms with Gasteiger partial charge in [0.2, 0.25) is 0 Å². The number of thiophene rings is 1. The molecule has 0 aliphatic rings. The summed E-state index contributed by atoms with van der Waals surface area (Å²) in [5.74, 6) is -1.16. The molecule has 0 amide bonds. The van der Waals surface area contributed by atoms with E-state index >= 15 is 0 Å². The molecule has 5 nitrogen and oxygen atoms in total. The van der Waals surface area contributed by atoms with Crippen LogP contribution in [0.25, 0.3) is 0 Å². The molecule has 0 radical (unpaired) electrons. The van der Waals surface area contributed by atoms with Crippen molar-refractivity contribution < 1.29 is 18.3 Å². The topological polar surface area (TPSA) is 83.5 Å². The molecule has 1 heterocycles. The first kappa shape index (κ1) is 14.1. The number of carboxylic acids is 1. The van der Waals surface area contributed by atoms with Gasteiger partial charge in [-0.3, -0.25) is 4.79 Å². The van der Waals surface area contributed by atoms with E-state index in [1.807, 2.05) is 6.92 Å². The number of rotatable bonds is 6. The van der Waals surface area contributed by atoms with Crippen molar-refractivity contribution in [3.63, 3.8) is 0 Å². The third-order valence-electron chi connectivity index (χ3n) is 2.25. The highest BCUT2D eigenvalue weighted by atomic mass is 32.2. The Morgan fingerprint density at radius 1 is 1.47 bits per heavy atom. The van der Waals surface area contributed by atoms with Crippen LogP contribution in [0.4, 0.5) is 0 Å². The normalized spacial score (nSPS) is 13.5. The molecule has 0 aliphatic carbocycles. The van der Waals surface area contributed by atoms with Gasteiger partial charge in [-0.1, -0.05) is 13.8 Å². The van der Waals surface area contributed by atoms with Crippen LogP contribution in [0.5, 0.6) is 0 Å². The summed E-state index contributed by atoms with van der Waals surface area (Å²) in [6.45, 7) is 3.55. The molecule has 17 heavy (non-hydrogen) atoms. The fraction of sp³-hybridized carbons (Fsp3) is 0.500. The molecular formula is C10H15NO4S2. The SMILES string of the molecule is CCc1ccc(S(=O)(=O)NC(CC)C(=O)O)s1. The van der Waals surface area contributed by atoms with Crippen molar-refractivity contribution in [2.24, 2.45) is 0 Å². The highest BCUT2D eigenvalue weighted by molar-refractivity contribution is 7.91. The van der Waals surface area contributed by atoms with E-state index in [1.165, 1.54) is 6.07 Å². The maximum absolute atomic E-state index is 11.9. The van der Waals surface area contributed by atoms with Gasteiger partial charge in [-0.05, 0) is 25.0 Å². The standard InChI is InChI=1S/C10H15NO4S2/c1-3-7-5-6-9(16-7)17(14,15)11-8(4-2)10(12)13/h5-6,8,11H,3-4H2,1-2H3,(H,12,13). The van der Waals surface area contributed by atoms with Crippen molar-refractivity contribution in [2.75, 3.05) is 0 Å². The molecule has 1 aromatic heterocycles. The lowest BCUT2D eigenvalue weighted by Crippen LogP contribution is -2.39. The fourth-order valence-corrected chi connectivity index (χ4v) is 3.83. The number of aliphatic carboxylic acids is 1. The summed E-state index contributed by atoms with van der Waals surface area (Å²) in [7, 11) is -3.72. The van der Waals surface area contributed by atoms with E-state index in [-0.39, 0.29) is 10.6 Å². The zero-order chi connectivity index (χ0) is 13.1.